The van der Waals surface area contributed by atoms with Crippen LogP contribution in [0, 0.1) is 6.92 Å². The van der Waals surface area contributed by atoms with Gasteiger partial charge in [0.05, 0.1) is 29.5 Å². The first kappa shape index (κ1) is 24.6. The summed E-state index contributed by atoms with van der Waals surface area (Å²) in [5.41, 5.74) is 1.37. The fraction of sp³-hybridized carbons (Fsp3) is 0.350. The first-order valence-electron chi connectivity index (χ1n) is 9.50. The number of benzene rings is 2. The number of carbonyl (C=O) groups excluding carboxylic acids is 1. The van der Waals surface area contributed by atoms with E-state index < -0.39 is 26.0 Å². The summed E-state index contributed by atoms with van der Waals surface area (Å²) in [6.07, 6.45) is 1.03. The maximum absolute atomic E-state index is 12.9. The highest BCUT2D eigenvalue weighted by Gasteiger charge is 2.24. The van der Waals surface area contributed by atoms with Gasteiger partial charge in [-0.1, -0.05) is 19.9 Å². The molecule has 170 valence electrons. The van der Waals surface area contributed by atoms with Crippen LogP contribution in [-0.2, 0) is 20.0 Å². The van der Waals surface area contributed by atoms with Crippen LogP contribution in [0.1, 0.15) is 29.8 Å². The van der Waals surface area contributed by atoms with Gasteiger partial charge in [-0.3, -0.25) is 9.52 Å². The zero-order valence-electron chi connectivity index (χ0n) is 18.1. The number of carbonyl (C=O) groups is 1. The fourth-order valence-electron chi connectivity index (χ4n) is 2.95. The van der Waals surface area contributed by atoms with Crippen molar-refractivity contribution in [1.29, 1.82) is 0 Å². The van der Waals surface area contributed by atoms with E-state index in [2.05, 4.69) is 10.0 Å². The van der Waals surface area contributed by atoms with Gasteiger partial charge in [-0.15, -0.1) is 0 Å². The Balaban J connectivity index is 2.42. The fourth-order valence-corrected chi connectivity index (χ4v) is 5.05. The molecule has 0 aromatic heterocycles. The molecule has 11 heteroatoms. The first-order chi connectivity index (χ1) is 14.4. The van der Waals surface area contributed by atoms with Crippen molar-refractivity contribution in [3.63, 3.8) is 0 Å². The lowest BCUT2D eigenvalue weighted by Crippen LogP contribution is -2.30. The van der Waals surface area contributed by atoms with Crippen molar-refractivity contribution in [3.05, 3.63) is 47.5 Å². The molecular formula is C20H27N3O6S2. The minimum absolute atomic E-state index is 0.0227. The molecule has 0 saturated carbocycles. The van der Waals surface area contributed by atoms with Gasteiger partial charge in [0.15, 0.2) is 0 Å². The van der Waals surface area contributed by atoms with Crippen LogP contribution < -0.4 is 14.8 Å². The lowest BCUT2D eigenvalue weighted by Gasteiger charge is -2.19. The molecule has 0 aliphatic heterocycles. The van der Waals surface area contributed by atoms with Crippen molar-refractivity contribution >= 4 is 37.3 Å². The largest absolute Gasteiger partial charge is 0.496 e. The van der Waals surface area contributed by atoms with Crippen molar-refractivity contribution in [1.82, 2.24) is 4.31 Å². The lowest BCUT2D eigenvalue weighted by atomic mass is 10.1. The molecule has 1 amide bonds. The van der Waals surface area contributed by atoms with Crippen molar-refractivity contribution in [2.45, 2.75) is 25.7 Å². The van der Waals surface area contributed by atoms with E-state index in [-0.39, 0.29) is 16.2 Å². The predicted molar refractivity (Wildman–Crippen MR) is 121 cm³/mol. The van der Waals surface area contributed by atoms with E-state index >= 15 is 0 Å². The average molecular weight is 470 g/mol. The van der Waals surface area contributed by atoms with E-state index in [0.29, 0.717) is 30.0 Å². The topological polar surface area (TPSA) is 122 Å². The summed E-state index contributed by atoms with van der Waals surface area (Å²) < 4.78 is 57.7. The molecule has 0 bridgehead atoms. The lowest BCUT2D eigenvalue weighted by molar-refractivity contribution is 0.102. The Hall–Kier alpha value is -2.63. The molecule has 0 radical (unpaired) electrons. The number of ether oxygens (including phenoxy) is 1. The molecule has 9 nitrogen and oxygen atoms in total. The second kappa shape index (κ2) is 9.67. The highest BCUT2D eigenvalue weighted by atomic mass is 32.2. The molecule has 0 saturated heterocycles. The number of aryl methyl sites for hydroxylation is 1. The summed E-state index contributed by atoms with van der Waals surface area (Å²) in [7, 11) is -5.88. The van der Waals surface area contributed by atoms with Gasteiger partial charge in [0.25, 0.3) is 5.91 Å². The van der Waals surface area contributed by atoms with Crippen molar-refractivity contribution in [2.24, 2.45) is 0 Å². The molecule has 0 aliphatic rings. The Morgan fingerprint density at radius 1 is 1.03 bits per heavy atom. The zero-order valence-corrected chi connectivity index (χ0v) is 19.7. The quantitative estimate of drug-likeness (QED) is 0.582. The maximum Gasteiger partial charge on any atom is 0.259 e. The van der Waals surface area contributed by atoms with Crippen LogP contribution in [0.2, 0.25) is 0 Å². The second-order valence-corrected chi connectivity index (χ2v) is 10.5. The van der Waals surface area contributed by atoms with Gasteiger partial charge >= 0.3 is 0 Å². The Morgan fingerprint density at radius 2 is 1.68 bits per heavy atom. The van der Waals surface area contributed by atoms with Crippen LogP contribution in [0.4, 0.5) is 11.4 Å². The molecule has 31 heavy (non-hydrogen) atoms. The number of nitrogens with one attached hydrogen (secondary N) is 2. The van der Waals surface area contributed by atoms with Gasteiger partial charge in [-0.05, 0) is 42.8 Å². The maximum atomic E-state index is 12.9. The summed E-state index contributed by atoms with van der Waals surface area (Å²) in [5, 5.41) is 2.66. The smallest absolute Gasteiger partial charge is 0.259 e. The molecule has 2 N–H and O–H groups in total. The van der Waals surface area contributed by atoms with E-state index in [1.54, 1.807) is 32.9 Å². The minimum atomic E-state index is -3.77. The number of sulfonamides is 2. The van der Waals surface area contributed by atoms with Gasteiger partial charge < -0.3 is 10.1 Å². The third kappa shape index (κ3) is 5.96. The van der Waals surface area contributed by atoms with Crippen LogP contribution in [0.25, 0.3) is 0 Å². The molecule has 0 spiro atoms. The Kier molecular flexibility index (Phi) is 7.68. The summed E-state index contributed by atoms with van der Waals surface area (Å²) in [6, 6.07) is 8.84. The van der Waals surface area contributed by atoms with Crippen LogP contribution in [0.5, 0.6) is 5.75 Å². The van der Waals surface area contributed by atoms with E-state index in [0.717, 1.165) is 6.26 Å². The Labute approximate surface area is 183 Å². The molecule has 2 rings (SSSR count). The minimum Gasteiger partial charge on any atom is -0.496 e. The molecule has 0 heterocycles. The van der Waals surface area contributed by atoms with E-state index in [1.165, 1.54) is 35.7 Å². The number of anilines is 2. The number of nitrogens with zero attached hydrogens (tertiary/aromatic N) is 1. The van der Waals surface area contributed by atoms with Gasteiger partial charge in [-0.25, -0.2) is 16.8 Å². The third-order valence-corrected chi connectivity index (χ3v) is 7.19. The van der Waals surface area contributed by atoms with Crippen LogP contribution in [-0.4, -0.2) is 53.5 Å². The van der Waals surface area contributed by atoms with Gasteiger partial charge in [0, 0.05) is 18.8 Å². The van der Waals surface area contributed by atoms with Crippen LogP contribution in [0.3, 0.4) is 0 Å². The predicted octanol–water partition coefficient (Wildman–Crippen LogP) is 2.66. The molecule has 0 fully saturated rings. The molecule has 2 aromatic carbocycles. The van der Waals surface area contributed by atoms with Crippen LogP contribution >= 0.6 is 0 Å². The van der Waals surface area contributed by atoms with Gasteiger partial charge in [-0.2, -0.15) is 4.31 Å². The monoisotopic (exact) mass is 469 g/mol. The molecular weight excluding hydrogens is 442 g/mol. The normalized spacial score (nSPS) is 11.9. The number of hydrogen-bond donors (Lipinski definition) is 2. The van der Waals surface area contributed by atoms with Crippen molar-refractivity contribution in [3.8, 4) is 5.75 Å². The molecule has 0 aliphatic carbocycles. The Bertz CT molecular complexity index is 1170. The van der Waals surface area contributed by atoms with Gasteiger partial charge in [0.1, 0.15) is 5.75 Å². The second-order valence-electron chi connectivity index (χ2n) is 6.81. The van der Waals surface area contributed by atoms with E-state index in [1.807, 2.05) is 0 Å². The Morgan fingerprint density at radius 3 is 2.23 bits per heavy atom. The van der Waals surface area contributed by atoms with Crippen molar-refractivity contribution < 1.29 is 26.4 Å². The SMILES string of the molecule is CCN(CC)S(=O)(=O)c1ccc(OC)c(C(=O)Nc2ccc(C)c(NS(C)(=O)=O)c2)c1. The zero-order chi connectivity index (χ0) is 23.4. The van der Waals surface area contributed by atoms with Gasteiger partial charge in [0.2, 0.25) is 20.0 Å². The number of amides is 1. The standard InChI is InChI=1S/C20H27N3O6S2/c1-6-23(7-2)31(27,28)16-10-11-19(29-4)17(13-16)20(24)21-15-9-8-14(3)18(12-15)22-30(5,25)26/h8-13,22H,6-7H2,1-5H3,(H,21,24). The van der Waals surface area contributed by atoms with Crippen molar-refractivity contribution in [2.75, 3.05) is 36.5 Å². The number of methoxy groups -OCH3 is 1. The summed E-state index contributed by atoms with van der Waals surface area (Å²) >= 11 is 0. The molecule has 2 aromatic rings. The van der Waals surface area contributed by atoms with Crippen LogP contribution in [0.15, 0.2) is 41.3 Å². The molecule has 0 atom stereocenters. The summed E-state index contributed by atoms with van der Waals surface area (Å²) in [6.45, 7) is 5.79. The summed E-state index contributed by atoms with van der Waals surface area (Å²) in [4.78, 5) is 12.9. The number of hydrogen-bond acceptors (Lipinski definition) is 6. The molecule has 0 unspecified atom stereocenters. The highest BCUT2D eigenvalue weighted by Crippen LogP contribution is 2.27. The third-order valence-electron chi connectivity index (χ3n) is 4.55. The average Bonchev–Trinajstić information content (AvgIpc) is 2.69. The van der Waals surface area contributed by atoms with E-state index in [9.17, 15) is 21.6 Å². The highest BCUT2D eigenvalue weighted by molar-refractivity contribution is 7.92. The first-order valence-corrected chi connectivity index (χ1v) is 12.8. The number of rotatable bonds is 9. The summed E-state index contributed by atoms with van der Waals surface area (Å²) in [5.74, 6) is -0.389. The van der Waals surface area contributed by atoms with E-state index in [4.69, 9.17) is 4.74 Å².